The van der Waals surface area contributed by atoms with E-state index in [0.717, 1.165) is 22.8 Å². The van der Waals surface area contributed by atoms with Crippen LogP contribution in [0.1, 0.15) is 22.3 Å². The third kappa shape index (κ3) is 4.89. The predicted molar refractivity (Wildman–Crippen MR) is 102 cm³/mol. The van der Waals surface area contributed by atoms with Gasteiger partial charge in [0.25, 0.3) is 5.69 Å². The fraction of sp³-hybridized carbons (Fsp3) is 0.278. The fourth-order valence-electron chi connectivity index (χ4n) is 2.76. The summed E-state index contributed by atoms with van der Waals surface area (Å²) in [4.78, 5) is 22.2. The SMILES string of the molecule is Cc1cc(C)c(NC(=O)CNS(=O)(=O)c2ccc(C)c([N+](=O)[O-])c2)c(C)c1. The molecule has 0 atom stereocenters. The van der Waals surface area contributed by atoms with E-state index in [2.05, 4.69) is 10.0 Å². The molecule has 144 valence electrons. The van der Waals surface area contributed by atoms with E-state index < -0.39 is 27.4 Å². The molecule has 8 nitrogen and oxygen atoms in total. The van der Waals surface area contributed by atoms with Crippen LogP contribution >= 0.6 is 0 Å². The minimum atomic E-state index is -4.06. The summed E-state index contributed by atoms with van der Waals surface area (Å²) in [5.41, 5.74) is 3.49. The number of sulfonamides is 1. The molecule has 2 aromatic carbocycles. The summed E-state index contributed by atoms with van der Waals surface area (Å²) in [6.07, 6.45) is 0. The third-order valence-electron chi connectivity index (χ3n) is 4.05. The highest BCUT2D eigenvalue weighted by atomic mass is 32.2. The summed E-state index contributed by atoms with van der Waals surface area (Å²) in [5, 5.41) is 13.7. The van der Waals surface area contributed by atoms with Gasteiger partial charge in [0.1, 0.15) is 0 Å². The van der Waals surface area contributed by atoms with Crippen LogP contribution in [0.5, 0.6) is 0 Å². The Morgan fingerprint density at radius 1 is 1.04 bits per heavy atom. The van der Waals surface area contributed by atoms with E-state index in [1.807, 2.05) is 32.9 Å². The normalized spacial score (nSPS) is 11.3. The Balaban J connectivity index is 2.13. The first-order valence-corrected chi connectivity index (χ1v) is 9.62. The van der Waals surface area contributed by atoms with E-state index in [-0.39, 0.29) is 10.6 Å². The van der Waals surface area contributed by atoms with Crippen molar-refractivity contribution in [2.45, 2.75) is 32.6 Å². The summed E-state index contributed by atoms with van der Waals surface area (Å²) in [6, 6.07) is 7.42. The monoisotopic (exact) mass is 391 g/mol. The average Bonchev–Trinajstić information content (AvgIpc) is 2.56. The van der Waals surface area contributed by atoms with Crippen molar-refractivity contribution >= 4 is 27.3 Å². The minimum Gasteiger partial charge on any atom is -0.324 e. The van der Waals surface area contributed by atoms with E-state index in [9.17, 15) is 23.3 Å². The van der Waals surface area contributed by atoms with Gasteiger partial charge in [-0.15, -0.1) is 0 Å². The Bertz CT molecular complexity index is 993. The topological polar surface area (TPSA) is 118 Å². The number of hydrogen-bond acceptors (Lipinski definition) is 5. The van der Waals surface area contributed by atoms with E-state index in [1.165, 1.54) is 19.1 Å². The molecular formula is C18H21N3O5S. The molecular weight excluding hydrogens is 370 g/mol. The lowest BCUT2D eigenvalue weighted by Crippen LogP contribution is -2.33. The van der Waals surface area contributed by atoms with Gasteiger partial charge in [-0.3, -0.25) is 14.9 Å². The number of carbonyl (C=O) groups is 1. The molecule has 2 N–H and O–H groups in total. The van der Waals surface area contributed by atoms with Crippen LogP contribution in [0.15, 0.2) is 35.2 Å². The van der Waals surface area contributed by atoms with Crippen LogP contribution in [0.3, 0.4) is 0 Å². The smallest absolute Gasteiger partial charge is 0.273 e. The first-order valence-electron chi connectivity index (χ1n) is 8.13. The van der Waals surface area contributed by atoms with E-state index in [1.54, 1.807) is 0 Å². The number of nitro groups is 1. The van der Waals surface area contributed by atoms with E-state index in [0.29, 0.717) is 11.3 Å². The van der Waals surface area contributed by atoms with Crippen LogP contribution in [0.25, 0.3) is 0 Å². The maximum Gasteiger partial charge on any atom is 0.273 e. The molecule has 0 fully saturated rings. The first kappa shape index (κ1) is 20.5. The van der Waals surface area contributed by atoms with Crippen LogP contribution < -0.4 is 10.0 Å². The standard InChI is InChI=1S/C18H21N3O5S/c1-11-7-13(3)18(14(4)8-11)20-17(22)10-19-27(25,26)15-6-5-12(2)16(9-15)21(23)24/h5-9,19H,10H2,1-4H3,(H,20,22). The number of nitrogens with zero attached hydrogens (tertiary/aromatic N) is 1. The Morgan fingerprint density at radius 3 is 2.19 bits per heavy atom. The molecule has 0 radical (unpaired) electrons. The zero-order valence-corrected chi connectivity index (χ0v) is 16.3. The number of hydrogen-bond donors (Lipinski definition) is 2. The molecule has 0 aliphatic carbocycles. The highest BCUT2D eigenvalue weighted by Crippen LogP contribution is 2.23. The number of anilines is 1. The van der Waals surface area contributed by atoms with Gasteiger partial charge in [0, 0.05) is 17.3 Å². The van der Waals surface area contributed by atoms with Crippen LogP contribution in [0, 0.1) is 37.8 Å². The number of carbonyl (C=O) groups excluding carboxylic acids is 1. The summed E-state index contributed by atoms with van der Waals surface area (Å²) >= 11 is 0. The zero-order valence-electron chi connectivity index (χ0n) is 15.5. The van der Waals surface area contributed by atoms with Crippen molar-refractivity contribution in [3.63, 3.8) is 0 Å². The van der Waals surface area contributed by atoms with Crippen LogP contribution in [0.4, 0.5) is 11.4 Å². The van der Waals surface area contributed by atoms with Crippen molar-refractivity contribution < 1.29 is 18.1 Å². The number of benzene rings is 2. The molecule has 9 heteroatoms. The number of amides is 1. The number of nitrogens with one attached hydrogen (secondary N) is 2. The predicted octanol–water partition coefficient (Wildman–Crippen LogP) is 2.75. The van der Waals surface area contributed by atoms with Gasteiger partial charge in [-0.2, -0.15) is 0 Å². The Morgan fingerprint density at radius 2 is 1.63 bits per heavy atom. The number of nitro benzene ring substituents is 1. The van der Waals surface area contributed by atoms with Gasteiger partial charge in [0.2, 0.25) is 15.9 Å². The van der Waals surface area contributed by atoms with Gasteiger partial charge >= 0.3 is 0 Å². The van der Waals surface area contributed by atoms with Crippen LogP contribution in [0.2, 0.25) is 0 Å². The molecule has 0 aliphatic heterocycles. The Labute approximate surface area is 157 Å². The molecule has 0 unspecified atom stereocenters. The number of rotatable bonds is 6. The Kier molecular flexibility index (Phi) is 5.97. The van der Waals surface area contributed by atoms with Crippen molar-refractivity contribution in [2.75, 3.05) is 11.9 Å². The van der Waals surface area contributed by atoms with Crippen molar-refractivity contribution in [3.05, 3.63) is 62.7 Å². The molecule has 0 aromatic heterocycles. The third-order valence-corrected chi connectivity index (χ3v) is 5.45. The highest BCUT2D eigenvalue weighted by Gasteiger charge is 2.20. The second-order valence-corrected chi connectivity index (χ2v) is 8.12. The van der Waals surface area contributed by atoms with E-state index in [4.69, 9.17) is 0 Å². The zero-order chi connectivity index (χ0) is 20.4. The largest absolute Gasteiger partial charge is 0.324 e. The van der Waals surface area contributed by atoms with Gasteiger partial charge in [0.15, 0.2) is 0 Å². The van der Waals surface area contributed by atoms with E-state index >= 15 is 0 Å². The molecule has 0 bridgehead atoms. The second kappa shape index (κ2) is 7.85. The van der Waals surface area contributed by atoms with Gasteiger partial charge in [-0.05, 0) is 44.9 Å². The van der Waals surface area contributed by atoms with Gasteiger partial charge in [-0.25, -0.2) is 13.1 Å². The lowest BCUT2D eigenvalue weighted by molar-refractivity contribution is -0.385. The summed E-state index contributed by atoms with van der Waals surface area (Å²) in [5.74, 6) is -0.532. The molecule has 27 heavy (non-hydrogen) atoms. The lowest BCUT2D eigenvalue weighted by Gasteiger charge is -2.13. The van der Waals surface area contributed by atoms with Crippen LogP contribution in [-0.2, 0) is 14.8 Å². The minimum absolute atomic E-state index is 0.268. The lowest BCUT2D eigenvalue weighted by atomic mass is 10.1. The van der Waals surface area contributed by atoms with Crippen molar-refractivity contribution in [3.8, 4) is 0 Å². The van der Waals surface area contributed by atoms with Gasteiger partial charge < -0.3 is 5.32 Å². The second-order valence-electron chi connectivity index (χ2n) is 6.35. The fourth-order valence-corrected chi connectivity index (χ4v) is 3.76. The number of aryl methyl sites for hydroxylation is 4. The first-order chi connectivity index (χ1) is 12.5. The highest BCUT2D eigenvalue weighted by molar-refractivity contribution is 7.89. The van der Waals surface area contributed by atoms with Gasteiger partial charge in [0.05, 0.1) is 16.4 Å². The molecule has 0 heterocycles. The average molecular weight is 391 g/mol. The molecule has 2 aromatic rings. The summed E-state index contributed by atoms with van der Waals surface area (Å²) in [7, 11) is -4.06. The molecule has 0 saturated heterocycles. The quantitative estimate of drug-likeness (QED) is 0.580. The Hall–Kier alpha value is -2.78. The van der Waals surface area contributed by atoms with Crippen molar-refractivity contribution in [1.82, 2.24) is 4.72 Å². The molecule has 0 aliphatic rings. The van der Waals surface area contributed by atoms with Crippen molar-refractivity contribution in [2.24, 2.45) is 0 Å². The van der Waals surface area contributed by atoms with Gasteiger partial charge in [-0.1, -0.05) is 23.8 Å². The van der Waals surface area contributed by atoms with Crippen molar-refractivity contribution in [1.29, 1.82) is 0 Å². The maximum absolute atomic E-state index is 12.3. The van der Waals surface area contributed by atoms with Crippen LogP contribution in [-0.4, -0.2) is 25.8 Å². The molecule has 2 rings (SSSR count). The molecule has 0 spiro atoms. The summed E-state index contributed by atoms with van der Waals surface area (Å²) < 4.78 is 26.8. The molecule has 0 saturated carbocycles. The molecule has 1 amide bonds. The summed E-state index contributed by atoms with van der Waals surface area (Å²) in [6.45, 7) is 6.68. The maximum atomic E-state index is 12.3.